The SMILES string of the molecule is O=C(C[C@@H]1C[C@@H]2c3cc(NC(=O)Nc4ccc(F)cc4)ccc3O[C@@H]2[C@H](CO)O1)NC1CCCCC1. The summed E-state index contributed by atoms with van der Waals surface area (Å²) in [5.74, 6) is 0.217. The first-order chi connectivity index (χ1) is 17.5. The van der Waals surface area contributed by atoms with E-state index < -0.39 is 12.1 Å². The number of aliphatic hydroxyl groups excluding tert-OH is 1. The van der Waals surface area contributed by atoms with Gasteiger partial charge in [0.25, 0.3) is 0 Å². The number of aliphatic hydroxyl groups is 1. The highest BCUT2D eigenvalue weighted by molar-refractivity contribution is 5.99. The summed E-state index contributed by atoms with van der Waals surface area (Å²) in [6.45, 7) is -0.207. The quantitative estimate of drug-likeness (QED) is 0.476. The van der Waals surface area contributed by atoms with E-state index in [1.54, 1.807) is 12.1 Å². The molecule has 9 heteroatoms. The third kappa shape index (κ3) is 5.63. The van der Waals surface area contributed by atoms with Crippen molar-refractivity contribution >= 4 is 23.3 Å². The number of benzene rings is 2. The predicted octanol–water partition coefficient (Wildman–Crippen LogP) is 4.30. The van der Waals surface area contributed by atoms with Crippen molar-refractivity contribution in [1.82, 2.24) is 5.32 Å². The maximum atomic E-state index is 13.1. The van der Waals surface area contributed by atoms with E-state index in [1.807, 2.05) is 6.07 Å². The van der Waals surface area contributed by atoms with Crippen molar-refractivity contribution in [2.24, 2.45) is 0 Å². The minimum atomic E-state index is -0.540. The van der Waals surface area contributed by atoms with E-state index in [0.717, 1.165) is 31.2 Å². The van der Waals surface area contributed by atoms with Crippen molar-refractivity contribution in [2.75, 3.05) is 17.2 Å². The Morgan fingerprint density at radius 3 is 2.47 bits per heavy atom. The van der Waals surface area contributed by atoms with Gasteiger partial charge in [-0.1, -0.05) is 19.3 Å². The average molecular weight is 498 g/mol. The van der Waals surface area contributed by atoms with Crippen LogP contribution < -0.4 is 20.7 Å². The molecule has 36 heavy (non-hydrogen) atoms. The zero-order valence-electron chi connectivity index (χ0n) is 20.0. The summed E-state index contributed by atoms with van der Waals surface area (Å²) >= 11 is 0. The van der Waals surface area contributed by atoms with Crippen molar-refractivity contribution < 1.29 is 28.6 Å². The van der Waals surface area contributed by atoms with Crippen molar-refractivity contribution in [3.63, 3.8) is 0 Å². The molecule has 5 rings (SSSR count). The van der Waals surface area contributed by atoms with Gasteiger partial charge in [0.1, 0.15) is 23.8 Å². The minimum Gasteiger partial charge on any atom is -0.487 e. The highest BCUT2D eigenvalue weighted by Crippen LogP contribution is 2.47. The van der Waals surface area contributed by atoms with Gasteiger partial charge in [0.15, 0.2) is 0 Å². The Morgan fingerprint density at radius 2 is 1.72 bits per heavy atom. The fourth-order valence-corrected chi connectivity index (χ4v) is 5.53. The molecule has 2 heterocycles. The van der Waals surface area contributed by atoms with E-state index in [-0.39, 0.29) is 48.9 Å². The number of carbonyl (C=O) groups excluding carboxylic acids is 2. The lowest BCUT2D eigenvalue weighted by Crippen LogP contribution is -2.48. The fraction of sp³-hybridized carbons (Fsp3) is 0.481. The van der Waals surface area contributed by atoms with Crippen LogP contribution in [0.15, 0.2) is 42.5 Å². The lowest BCUT2D eigenvalue weighted by Gasteiger charge is -2.37. The van der Waals surface area contributed by atoms with Crippen LogP contribution in [-0.2, 0) is 9.53 Å². The first-order valence-corrected chi connectivity index (χ1v) is 12.7. The summed E-state index contributed by atoms with van der Waals surface area (Å²) in [4.78, 5) is 25.1. The van der Waals surface area contributed by atoms with Crippen LogP contribution in [-0.4, -0.2) is 48.0 Å². The van der Waals surface area contributed by atoms with Gasteiger partial charge < -0.3 is 30.5 Å². The second-order valence-electron chi connectivity index (χ2n) is 9.85. The highest BCUT2D eigenvalue weighted by Gasteiger charge is 2.46. The number of hydrogen-bond donors (Lipinski definition) is 4. The van der Waals surface area contributed by atoms with Gasteiger partial charge in [0.2, 0.25) is 5.91 Å². The van der Waals surface area contributed by atoms with E-state index in [9.17, 15) is 19.1 Å². The van der Waals surface area contributed by atoms with E-state index in [1.165, 1.54) is 30.7 Å². The smallest absolute Gasteiger partial charge is 0.323 e. The molecule has 1 saturated carbocycles. The van der Waals surface area contributed by atoms with Gasteiger partial charge in [-0.05, 0) is 61.7 Å². The lowest BCUT2D eigenvalue weighted by atomic mass is 9.84. The molecule has 0 bridgehead atoms. The monoisotopic (exact) mass is 497 g/mol. The summed E-state index contributed by atoms with van der Waals surface area (Å²) in [6.07, 6.45) is 5.15. The van der Waals surface area contributed by atoms with Crippen molar-refractivity contribution in [3.05, 3.63) is 53.8 Å². The summed E-state index contributed by atoms with van der Waals surface area (Å²) in [6, 6.07) is 10.7. The molecule has 3 amide bonds. The first-order valence-electron chi connectivity index (χ1n) is 12.7. The number of fused-ring (bicyclic) bond motifs is 3. The molecule has 0 spiro atoms. The number of carbonyl (C=O) groups is 2. The van der Waals surface area contributed by atoms with Gasteiger partial charge in [-0.25, -0.2) is 9.18 Å². The third-order valence-electron chi connectivity index (χ3n) is 7.24. The number of urea groups is 1. The number of halogens is 1. The van der Waals surface area contributed by atoms with Crippen molar-refractivity contribution in [2.45, 2.75) is 75.2 Å². The van der Waals surface area contributed by atoms with Crippen LogP contribution in [0.1, 0.15) is 56.4 Å². The summed E-state index contributed by atoms with van der Waals surface area (Å²) < 4.78 is 25.3. The van der Waals surface area contributed by atoms with Gasteiger partial charge in [0, 0.05) is 28.9 Å². The van der Waals surface area contributed by atoms with E-state index >= 15 is 0 Å². The molecule has 0 unspecified atom stereocenters. The zero-order valence-corrected chi connectivity index (χ0v) is 20.0. The van der Waals surface area contributed by atoms with Crippen LogP contribution in [0.2, 0.25) is 0 Å². The molecule has 1 saturated heterocycles. The maximum Gasteiger partial charge on any atom is 0.323 e. The fourth-order valence-electron chi connectivity index (χ4n) is 5.53. The molecule has 2 aromatic carbocycles. The highest BCUT2D eigenvalue weighted by atomic mass is 19.1. The van der Waals surface area contributed by atoms with Crippen LogP contribution in [0.4, 0.5) is 20.6 Å². The van der Waals surface area contributed by atoms with Crippen LogP contribution >= 0.6 is 0 Å². The van der Waals surface area contributed by atoms with E-state index in [4.69, 9.17) is 9.47 Å². The van der Waals surface area contributed by atoms with E-state index in [0.29, 0.717) is 23.5 Å². The molecule has 2 fully saturated rings. The summed E-state index contributed by atoms with van der Waals surface area (Å²) in [5.41, 5.74) is 1.97. The Kier molecular flexibility index (Phi) is 7.38. The largest absolute Gasteiger partial charge is 0.487 e. The molecule has 8 nitrogen and oxygen atoms in total. The molecule has 0 aromatic heterocycles. The van der Waals surface area contributed by atoms with Gasteiger partial charge in [-0.3, -0.25) is 4.79 Å². The topological polar surface area (TPSA) is 109 Å². The van der Waals surface area contributed by atoms with Crippen LogP contribution in [0, 0.1) is 5.82 Å². The Bertz CT molecular complexity index is 1090. The van der Waals surface area contributed by atoms with Crippen molar-refractivity contribution in [3.8, 4) is 5.75 Å². The second-order valence-corrected chi connectivity index (χ2v) is 9.85. The number of nitrogens with one attached hydrogen (secondary N) is 3. The predicted molar refractivity (Wildman–Crippen MR) is 133 cm³/mol. The van der Waals surface area contributed by atoms with Gasteiger partial charge >= 0.3 is 6.03 Å². The van der Waals surface area contributed by atoms with Crippen LogP contribution in [0.5, 0.6) is 5.75 Å². The number of rotatable bonds is 6. The average Bonchev–Trinajstić information content (AvgIpc) is 3.23. The summed E-state index contributed by atoms with van der Waals surface area (Å²) in [5, 5.41) is 18.6. The van der Waals surface area contributed by atoms with Crippen molar-refractivity contribution in [1.29, 1.82) is 0 Å². The summed E-state index contributed by atoms with van der Waals surface area (Å²) in [7, 11) is 0. The second kappa shape index (κ2) is 10.8. The molecule has 3 aliphatic rings. The van der Waals surface area contributed by atoms with Gasteiger partial charge in [-0.15, -0.1) is 0 Å². The number of ether oxygens (including phenoxy) is 2. The molecule has 1 aliphatic carbocycles. The Labute approximate surface area is 209 Å². The van der Waals surface area contributed by atoms with Crippen LogP contribution in [0.3, 0.4) is 0 Å². The number of hydrogen-bond acceptors (Lipinski definition) is 5. The molecule has 4 atom stereocenters. The Morgan fingerprint density at radius 1 is 1.00 bits per heavy atom. The molecule has 2 aliphatic heterocycles. The lowest BCUT2D eigenvalue weighted by molar-refractivity contribution is -0.142. The molecule has 2 aromatic rings. The molecule has 4 N–H and O–H groups in total. The molecular weight excluding hydrogens is 465 g/mol. The van der Waals surface area contributed by atoms with Gasteiger partial charge in [-0.2, -0.15) is 0 Å². The normalized spacial score (nSPS) is 25.3. The maximum absolute atomic E-state index is 13.1. The third-order valence-corrected chi connectivity index (χ3v) is 7.24. The zero-order chi connectivity index (χ0) is 25.1. The minimum absolute atomic E-state index is 0.0194. The van der Waals surface area contributed by atoms with Crippen LogP contribution in [0.25, 0.3) is 0 Å². The number of anilines is 2. The molecule has 192 valence electrons. The molecular formula is C27H32FN3O5. The number of amides is 3. The van der Waals surface area contributed by atoms with E-state index in [2.05, 4.69) is 16.0 Å². The Hall–Kier alpha value is -3.17. The standard InChI is InChI=1S/C27H32FN3O5/c28-16-6-8-18(9-7-16)30-27(34)31-19-10-11-23-21(12-19)22-13-20(35-24(15-32)26(22)36-23)14-25(33)29-17-4-2-1-3-5-17/h6-12,17,20,22,24,26,32H,1-5,13-15H2,(H,29,33)(H2,30,31,34)/t20-,22+,24-,26-/m0/s1. The Balaban J connectivity index is 1.24. The molecule has 0 radical (unpaired) electrons. The van der Waals surface area contributed by atoms with Gasteiger partial charge in [0.05, 0.1) is 19.1 Å². The first kappa shape index (κ1) is 24.5.